The number of hydrogen-bond donors (Lipinski definition) is 1. The molecule has 0 aromatic carbocycles. The van der Waals surface area contributed by atoms with Gasteiger partial charge in [0.1, 0.15) is 0 Å². The van der Waals surface area contributed by atoms with Gasteiger partial charge in [0.05, 0.1) is 0 Å². The topological polar surface area (TPSA) is 29.3 Å². The van der Waals surface area contributed by atoms with Crippen LogP contribution in [0.4, 0.5) is 0 Å². The van der Waals surface area contributed by atoms with E-state index in [9.17, 15) is 0 Å². The largest absolute Gasteiger partial charge is 0.326 e. The highest BCUT2D eigenvalue weighted by molar-refractivity contribution is 7.09. The lowest BCUT2D eigenvalue weighted by molar-refractivity contribution is 0.0506. The van der Waals surface area contributed by atoms with Gasteiger partial charge in [0.2, 0.25) is 0 Å². The van der Waals surface area contributed by atoms with Crippen molar-refractivity contribution in [1.29, 1.82) is 0 Å². The van der Waals surface area contributed by atoms with Crippen molar-refractivity contribution in [3.05, 3.63) is 22.4 Å². The second-order valence-electron chi connectivity index (χ2n) is 6.09. The zero-order chi connectivity index (χ0) is 13.2. The molecule has 0 radical (unpaired) electrons. The molecule has 2 rings (SSSR count). The van der Waals surface area contributed by atoms with Gasteiger partial charge in [-0.15, -0.1) is 11.3 Å². The summed E-state index contributed by atoms with van der Waals surface area (Å²) in [7, 11) is 4.40. The third kappa shape index (κ3) is 2.79. The molecule has 1 fully saturated rings. The fourth-order valence-corrected chi connectivity index (χ4v) is 4.24. The number of thiophene rings is 1. The van der Waals surface area contributed by atoms with Crippen molar-refractivity contribution >= 4 is 11.3 Å². The van der Waals surface area contributed by atoms with E-state index < -0.39 is 0 Å². The average molecular weight is 266 g/mol. The zero-order valence-electron chi connectivity index (χ0n) is 11.9. The summed E-state index contributed by atoms with van der Waals surface area (Å²) in [6.45, 7) is 2.37. The lowest BCUT2D eigenvalue weighted by Crippen LogP contribution is -2.60. The van der Waals surface area contributed by atoms with Gasteiger partial charge >= 0.3 is 0 Å². The van der Waals surface area contributed by atoms with Crippen LogP contribution in [0.3, 0.4) is 0 Å². The summed E-state index contributed by atoms with van der Waals surface area (Å²) in [6, 6.07) is 4.58. The van der Waals surface area contributed by atoms with Crippen molar-refractivity contribution in [2.45, 2.75) is 50.6 Å². The predicted molar refractivity (Wildman–Crippen MR) is 80.0 cm³/mol. The Bertz CT molecular complexity index is 361. The minimum absolute atomic E-state index is 0.196. The van der Waals surface area contributed by atoms with Crippen LogP contribution in [-0.4, -0.2) is 30.6 Å². The van der Waals surface area contributed by atoms with E-state index in [1.54, 1.807) is 0 Å². The van der Waals surface area contributed by atoms with Crippen LogP contribution in [0.25, 0.3) is 0 Å². The lowest BCUT2D eigenvalue weighted by atomic mass is 9.70. The first kappa shape index (κ1) is 14.0. The van der Waals surface area contributed by atoms with Crippen LogP contribution in [0, 0.1) is 5.92 Å². The maximum Gasteiger partial charge on any atom is 0.0360 e. The van der Waals surface area contributed by atoms with Crippen LogP contribution in [0.1, 0.15) is 37.5 Å². The Kier molecular flexibility index (Phi) is 4.46. The molecule has 1 aromatic heterocycles. The Hall–Kier alpha value is -0.380. The Balaban J connectivity index is 2.13. The van der Waals surface area contributed by atoms with E-state index in [-0.39, 0.29) is 11.6 Å². The molecule has 0 amide bonds. The van der Waals surface area contributed by atoms with Gasteiger partial charge in [-0.2, -0.15) is 0 Å². The van der Waals surface area contributed by atoms with Gasteiger partial charge in [0.25, 0.3) is 0 Å². The number of likely N-dealkylation sites (N-methyl/N-ethyl adjacent to an activating group) is 1. The lowest BCUT2D eigenvalue weighted by Gasteiger charge is -2.49. The van der Waals surface area contributed by atoms with Gasteiger partial charge in [0, 0.05) is 16.5 Å². The van der Waals surface area contributed by atoms with Crippen molar-refractivity contribution in [2.24, 2.45) is 11.7 Å². The molecule has 1 saturated carbocycles. The first-order chi connectivity index (χ1) is 8.54. The van der Waals surface area contributed by atoms with Crippen molar-refractivity contribution in [2.75, 3.05) is 14.1 Å². The van der Waals surface area contributed by atoms with Crippen LogP contribution in [0.5, 0.6) is 0 Å². The van der Waals surface area contributed by atoms with E-state index in [2.05, 4.69) is 43.4 Å². The van der Waals surface area contributed by atoms with E-state index >= 15 is 0 Å². The summed E-state index contributed by atoms with van der Waals surface area (Å²) < 4.78 is 0. The molecule has 18 heavy (non-hydrogen) atoms. The molecule has 0 bridgehead atoms. The molecule has 3 heteroatoms. The van der Waals surface area contributed by atoms with E-state index in [4.69, 9.17) is 5.73 Å². The van der Waals surface area contributed by atoms with Crippen LogP contribution >= 0.6 is 11.3 Å². The normalized spacial score (nSPS) is 30.6. The number of nitrogens with zero attached hydrogens (tertiary/aromatic N) is 1. The summed E-state index contributed by atoms with van der Waals surface area (Å²) >= 11 is 1.83. The maximum absolute atomic E-state index is 6.60. The molecule has 2 nitrogen and oxygen atoms in total. The molecule has 1 heterocycles. The van der Waals surface area contributed by atoms with Gasteiger partial charge in [-0.3, -0.25) is 0 Å². The standard InChI is InChI=1S/C15H26N2S/c1-12-6-4-8-15(11-12,17(2)3)14(16)10-13-7-5-9-18-13/h5,7,9,12,14H,4,6,8,10-11,16H2,1-3H3. The Morgan fingerprint density at radius 2 is 2.33 bits per heavy atom. The van der Waals surface area contributed by atoms with E-state index in [0.29, 0.717) is 0 Å². The molecule has 0 saturated heterocycles. The van der Waals surface area contributed by atoms with Crippen LogP contribution in [0.2, 0.25) is 0 Å². The summed E-state index contributed by atoms with van der Waals surface area (Å²) in [5.74, 6) is 0.801. The zero-order valence-corrected chi connectivity index (χ0v) is 12.7. The Morgan fingerprint density at radius 1 is 1.56 bits per heavy atom. The van der Waals surface area contributed by atoms with Crippen molar-refractivity contribution < 1.29 is 0 Å². The molecule has 0 spiro atoms. The first-order valence-corrected chi connectivity index (χ1v) is 7.88. The van der Waals surface area contributed by atoms with Crippen LogP contribution in [0.15, 0.2) is 17.5 Å². The summed E-state index contributed by atoms with van der Waals surface area (Å²) in [4.78, 5) is 3.81. The molecule has 1 aromatic rings. The monoisotopic (exact) mass is 266 g/mol. The SMILES string of the molecule is CC1CCCC(C(N)Cc2cccs2)(N(C)C)C1. The van der Waals surface area contributed by atoms with Crippen molar-refractivity contribution in [1.82, 2.24) is 4.90 Å². The van der Waals surface area contributed by atoms with Crippen LogP contribution in [-0.2, 0) is 6.42 Å². The highest BCUT2D eigenvalue weighted by Crippen LogP contribution is 2.38. The summed E-state index contributed by atoms with van der Waals surface area (Å²) in [5, 5.41) is 2.15. The number of hydrogen-bond acceptors (Lipinski definition) is 3. The average Bonchev–Trinajstić information content (AvgIpc) is 2.81. The van der Waals surface area contributed by atoms with Crippen molar-refractivity contribution in [3.63, 3.8) is 0 Å². The van der Waals surface area contributed by atoms with Gasteiger partial charge in [-0.1, -0.05) is 25.8 Å². The van der Waals surface area contributed by atoms with E-state index in [1.165, 1.54) is 30.6 Å². The minimum Gasteiger partial charge on any atom is -0.326 e. The third-order valence-corrected chi connectivity index (χ3v) is 5.49. The smallest absolute Gasteiger partial charge is 0.0360 e. The maximum atomic E-state index is 6.60. The highest BCUT2D eigenvalue weighted by atomic mass is 32.1. The molecule has 2 N–H and O–H groups in total. The molecule has 0 aliphatic heterocycles. The van der Waals surface area contributed by atoms with Crippen molar-refractivity contribution in [3.8, 4) is 0 Å². The van der Waals surface area contributed by atoms with Gasteiger partial charge < -0.3 is 10.6 Å². The number of rotatable bonds is 4. The molecule has 3 unspecified atom stereocenters. The molecule has 3 atom stereocenters. The Morgan fingerprint density at radius 3 is 2.89 bits per heavy atom. The molecule has 1 aliphatic carbocycles. The molecule has 102 valence electrons. The minimum atomic E-state index is 0.196. The fourth-order valence-electron chi connectivity index (χ4n) is 3.47. The fraction of sp³-hybridized carbons (Fsp3) is 0.733. The second-order valence-corrected chi connectivity index (χ2v) is 7.12. The number of nitrogens with two attached hydrogens (primary N) is 1. The summed E-state index contributed by atoms with van der Waals surface area (Å²) in [5.41, 5.74) is 6.80. The van der Waals surface area contributed by atoms with E-state index in [0.717, 1.165) is 12.3 Å². The van der Waals surface area contributed by atoms with Gasteiger partial charge in [-0.25, -0.2) is 0 Å². The molecule has 1 aliphatic rings. The predicted octanol–water partition coefficient (Wildman–Crippen LogP) is 3.13. The summed E-state index contributed by atoms with van der Waals surface area (Å²) in [6.07, 6.45) is 6.19. The van der Waals surface area contributed by atoms with Crippen LogP contribution < -0.4 is 5.73 Å². The second kappa shape index (κ2) is 5.72. The van der Waals surface area contributed by atoms with Gasteiger partial charge in [0.15, 0.2) is 0 Å². The van der Waals surface area contributed by atoms with Gasteiger partial charge in [-0.05, 0) is 50.7 Å². The quantitative estimate of drug-likeness (QED) is 0.907. The Labute approximate surface area is 115 Å². The molecular weight excluding hydrogens is 240 g/mol. The third-order valence-electron chi connectivity index (χ3n) is 4.59. The first-order valence-electron chi connectivity index (χ1n) is 7.00. The highest BCUT2D eigenvalue weighted by Gasteiger charge is 2.41. The molecular formula is C15H26N2S. The van der Waals surface area contributed by atoms with E-state index in [1.807, 2.05) is 11.3 Å².